The minimum Gasteiger partial charge on any atom is -0.239 e. The van der Waals surface area contributed by atoms with Crippen molar-refractivity contribution in [2.45, 2.75) is 0 Å². The molecule has 0 spiro atoms. The van der Waals surface area contributed by atoms with Crippen LogP contribution in [0.1, 0.15) is 0 Å². The van der Waals surface area contributed by atoms with Crippen molar-refractivity contribution in [3.05, 3.63) is 46.7 Å². The molecule has 0 amide bonds. The molecular formula is C9H5Cl2N2. The second-order valence-corrected chi connectivity index (χ2v) is 3.33. The normalized spacial score (nSPS) is 10.3. The lowest BCUT2D eigenvalue weighted by molar-refractivity contribution is 0.877. The number of halogens is 2. The van der Waals surface area contributed by atoms with Gasteiger partial charge in [0.2, 0.25) is 0 Å². The highest BCUT2D eigenvalue weighted by atomic mass is 35.5. The maximum absolute atomic E-state index is 5.95. The van der Waals surface area contributed by atoms with E-state index in [1.807, 2.05) is 0 Å². The van der Waals surface area contributed by atoms with Gasteiger partial charge in [-0.05, 0) is 24.3 Å². The van der Waals surface area contributed by atoms with Gasteiger partial charge in [0.15, 0.2) is 0 Å². The number of hydrogen-bond acceptors (Lipinski definition) is 1. The van der Waals surface area contributed by atoms with E-state index in [2.05, 4.69) is 11.3 Å². The van der Waals surface area contributed by atoms with E-state index in [1.165, 1.54) is 0 Å². The standard InChI is InChI=1S/C9H5Cl2N2/c10-7-2-3-8(11)9(6-7)13-5-1-4-12-13/h1-3,5-6H. The summed E-state index contributed by atoms with van der Waals surface area (Å²) in [6, 6.07) is 6.93. The van der Waals surface area contributed by atoms with E-state index < -0.39 is 0 Å². The minimum absolute atomic E-state index is 0.613. The third-order valence-corrected chi connectivity index (χ3v) is 2.17. The molecule has 0 N–H and O–H groups in total. The molecule has 2 nitrogen and oxygen atoms in total. The first kappa shape index (κ1) is 8.60. The fourth-order valence-electron chi connectivity index (χ4n) is 1.03. The molecule has 4 heteroatoms. The lowest BCUT2D eigenvalue weighted by Crippen LogP contribution is -1.94. The van der Waals surface area contributed by atoms with Crippen LogP contribution in [-0.2, 0) is 0 Å². The van der Waals surface area contributed by atoms with Crippen LogP contribution in [0, 0.1) is 6.20 Å². The van der Waals surface area contributed by atoms with Gasteiger partial charge in [-0.2, -0.15) is 5.10 Å². The molecule has 0 bridgehead atoms. The van der Waals surface area contributed by atoms with E-state index in [1.54, 1.807) is 35.1 Å². The summed E-state index contributed by atoms with van der Waals surface area (Å²) in [5.74, 6) is 0. The fourth-order valence-corrected chi connectivity index (χ4v) is 1.40. The average molecular weight is 212 g/mol. The van der Waals surface area contributed by atoms with E-state index >= 15 is 0 Å². The summed E-state index contributed by atoms with van der Waals surface area (Å²) < 4.78 is 1.62. The zero-order valence-corrected chi connectivity index (χ0v) is 8.05. The minimum atomic E-state index is 0.613. The largest absolute Gasteiger partial charge is 0.239 e. The van der Waals surface area contributed by atoms with Crippen molar-refractivity contribution in [3.63, 3.8) is 0 Å². The predicted octanol–water partition coefficient (Wildman–Crippen LogP) is 2.98. The molecule has 65 valence electrons. The first-order chi connectivity index (χ1) is 6.27. The molecule has 0 atom stereocenters. The van der Waals surface area contributed by atoms with Gasteiger partial charge in [-0.25, -0.2) is 4.68 Å². The molecule has 2 rings (SSSR count). The number of rotatable bonds is 1. The number of hydrogen-bond donors (Lipinski definition) is 0. The molecule has 0 aliphatic heterocycles. The highest BCUT2D eigenvalue weighted by Crippen LogP contribution is 2.23. The quantitative estimate of drug-likeness (QED) is 0.710. The van der Waals surface area contributed by atoms with E-state index in [9.17, 15) is 0 Å². The summed E-state index contributed by atoms with van der Waals surface area (Å²) in [5.41, 5.74) is 0.760. The van der Waals surface area contributed by atoms with Crippen molar-refractivity contribution in [3.8, 4) is 5.69 Å². The fraction of sp³-hybridized carbons (Fsp3) is 0. The average Bonchev–Trinajstić information content (AvgIpc) is 2.61. The van der Waals surface area contributed by atoms with Crippen molar-refractivity contribution in [1.82, 2.24) is 9.78 Å². The van der Waals surface area contributed by atoms with Crippen LogP contribution >= 0.6 is 23.2 Å². The molecule has 1 aromatic carbocycles. The van der Waals surface area contributed by atoms with Crippen LogP contribution in [0.4, 0.5) is 0 Å². The maximum Gasteiger partial charge on any atom is 0.113 e. The second-order valence-electron chi connectivity index (χ2n) is 2.49. The molecule has 0 fully saturated rings. The van der Waals surface area contributed by atoms with E-state index in [0.29, 0.717) is 10.0 Å². The Kier molecular flexibility index (Phi) is 2.25. The Morgan fingerprint density at radius 2 is 2.15 bits per heavy atom. The Labute approximate surface area is 85.7 Å². The lowest BCUT2D eigenvalue weighted by Gasteiger charge is -2.03. The van der Waals surface area contributed by atoms with Crippen LogP contribution in [0.15, 0.2) is 30.5 Å². The molecule has 0 unspecified atom stereocenters. The summed E-state index contributed by atoms with van der Waals surface area (Å²) in [4.78, 5) is 0. The van der Waals surface area contributed by atoms with Gasteiger partial charge < -0.3 is 0 Å². The summed E-state index contributed by atoms with van der Waals surface area (Å²) in [7, 11) is 0. The Balaban J connectivity index is 2.57. The van der Waals surface area contributed by atoms with Crippen LogP contribution in [-0.4, -0.2) is 9.78 Å². The summed E-state index contributed by atoms with van der Waals surface area (Å²) in [5, 5.41) is 5.18. The van der Waals surface area contributed by atoms with Gasteiger partial charge in [0.1, 0.15) is 6.20 Å². The molecule has 0 aliphatic rings. The molecule has 1 aromatic heterocycles. The van der Waals surface area contributed by atoms with E-state index in [-0.39, 0.29) is 0 Å². The Hall–Kier alpha value is -0.990. The van der Waals surface area contributed by atoms with Crippen molar-refractivity contribution in [2.75, 3.05) is 0 Å². The summed E-state index contributed by atoms with van der Waals surface area (Å²) >= 11 is 11.8. The number of benzene rings is 1. The van der Waals surface area contributed by atoms with E-state index in [0.717, 1.165) is 5.69 Å². The molecule has 0 saturated carbocycles. The van der Waals surface area contributed by atoms with Crippen molar-refractivity contribution >= 4 is 23.2 Å². The highest BCUT2D eigenvalue weighted by molar-refractivity contribution is 6.34. The lowest BCUT2D eigenvalue weighted by atomic mass is 10.3. The Morgan fingerprint density at radius 3 is 2.85 bits per heavy atom. The van der Waals surface area contributed by atoms with Gasteiger partial charge in [-0.1, -0.05) is 23.2 Å². The third kappa shape index (κ3) is 1.69. The summed E-state index contributed by atoms with van der Waals surface area (Å²) in [6.45, 7) is 0. The SMILES string of the molecule is Clc1ccc(Cl)c(-n2cc[c]n2)c1. The molecule has 0 aliphatic carbocycles. The zero-order chi connectivity index (χ0) is 9.26. The van der Waals surface area contributed by atoms with Crippen LogP contribution in [0.3, 0.4) is 0 Å². The smallest absolute Gasteiger partial charge is 0.113 e. The topological polar surface area (TPSA) is 17.8 Å². The van der Waals surface area contributed by atoms with Crippen LogP contribution in [0.5, 0.6) is 0 Å². The van der Waals surface area contributed by atoms with E-state index in [4.69, 9.17) is 23.2 Å². The Morgan fingerprint density at radius 1 is 1.31 bits per heavy atom. The van der Waals surface area contributed by atoms with Crippen LogP contribution < -0.4 is 0 Å². The molecule has 13 heavy (non-hydrogen) atoms. The summed E-state index contributed by atoms with van der Waals surface area (Å²) in [6.07, 6.45) is 4.45. The van der Waals surface area contributed by atoms with Crippen LogP contribution in [0.2, 0.25) is 10.0 Å². The van der Waals surface area contributed by atoms with Crippen molar-refractivity contribution in [2.24, 2.45) is 0 Å². The molecular weight excluding hydrogens is 207 g/mol. The Bertz CT molecular complexity index is 410. The van der Waals surface area contributed by atoms with Crippen LogP contribution in [0.25, 0.3) is 5.69 Å². The van der Waals surface area contributed by atoms with Gasteiger partial charge in [0.05, 0.1) is 10.7 Å². The van der Waals surface area contributed by atoms with Gasteiger partial charge in [0.25, 0.3) is 0 Å². The van der Waals surface area contributed by atoms with Gasteiger partial charge in [-0.15, -0.1) is 0 Å². The van der Waals surface area contributed by atoms with Gasteiger partial charge in [-0.3, -0.25) is 0 Å². The second kappa shape index (κ2) is 3.40. The predicted molar refractivity (Wildman–Crippen MR) is 52.4 cm³/mol. The third-order valence-electron chi connectivity index (χ3n) is 1.61. The molecule has 0 saturated heterocycles. The number of nitrogens with zero attached hydrogens (tertiary/aromatic N) is 2. The molecule has 1 heterocycles. The molecule has 2 aromatic rings. The van der Waals surface area contributed by atoms with Gasteiger partial charge >= 0.3 is 0 Å². The van der Waals surface area contributed by atoms with Crippen molar-refractivity contribution in [1.29, 1.82) is 0 Å². The van der Waals surface area contributed by atoms with Crippen molar-refractivity contribution < 1.29 is 0 Å². The first-order valence-electron chi connectivity index (χ1n) is 3.64. The first-order valence-corrected chi connectivity index (χ1v) is 4.40. The monoisotopic (exact) mass is 211 g/mol. The van der Waals surface area contributed by atoms with Gasteiger partial charge in [0, 0.05) is 11.2 Å². The number of aromatic nitrogens is 2. The molecule has 1 radical (unpaired) electrons. The highest BCUT2D eigenvalue weighted by Gasteiger charge is 2.02. The zero-order valence-electron chi connectivity index (χ0n) is 6.54. The maximum atomic E-state index is 5.95.